The molecule has 1 atom stereocenters. The number of hydrogen-bond acceptors (Lipinski definition) is 4. The van der Waals surface area contributed by atoms with Gasteiger partial charge in [0.1, 0.15) is 5.82 Å². The van der Waals surface area contributed by atoms with Gasteiger partial charge in [-0.3, -0.25) is 0 Å². The molecule has 0 aliphatic carbocycles. The lowest BCUT2D eigenvalue weighted by molar-refractivity contribution is 0.587. The summed E-state index contributed by atoms with van der Waals surface area (Å²) in [4.78, 5) is 0. The van der Waals surface area contributed by atoms with Crippen LogP contribution in [0.2, 0.25) is 0 Å². The SMILES string of the molecule is CCNC(C)CSc1nnc2n1CCCCC2. The number of thioether (sulfide) groups is 1. The van der Waals surface area contributed by atoms with Crippen molar-refractivity contribution in [2.24, 2.45) is 0 Å². The van der Waals surface area contributed by atoms with E-state index in [1.165, 1.54) is 25.1 Å². The Morgan fingerprint density at radius 1 is 1.35 bits per heavy atom. The largest absolute Gasteiger partial charge is 0.314 e. The predicted octanol–water partition coefficient (Wildman–Crippen LogP) is 2.09. The molecule has 1 unspecified atom stereocenters. The average molecular weight is 254 g/mol. The summed E-state index contributed by atoms with van der Waals surface area (Å²) >= 11 is 1.83. The van der Waals surface area contributed by atoms with Crippen molar-refractivity contribution in [3.05, 3.63) is 5.82 Å². The second-order valence-corrected chi connectivity index (χ2v) is 5.62. The molecule has 0 saturated heterocycles. The Bertz CT molecular complexity index is 350. The van der Waals surface area contributed by atoms with Crippen LogP contribution in [0.25, 0.3) is 0 Å². The molecular weight excluding hydrogens is 232 g/mol. The molecule has 4 nitrogen and oxygen atoms in total. The van der Waals surface area contributed by atoms with Gasteiger partial charge in [0.15, 0.2) is 5.16 Å². The van der Waals surface area contributed by atoms with Crippen molar-refractivity contribution in [1.82, 2.24) is 20.1 Å². The Balaban J connectivity index is 1.94. The Morgan fingerprint density at radius 3 is 3.06 bits per heavy atom. The highest BCUT2D eigenvalue weighted by atomic mass is 32.2. The zero-order chi connectivity index (χ0) is 12.1. The zero-order valence-corrected chi connectivity index (χ0v) is 11.6. The molecule has 0 spiro atoms. The zero-order valence-electron chi connectivity index (χ0n) is 10.8. The van der Waals surface area contributed by atoms with Gasteiger partial charge < -0.3 is 9.88 Å². The summed E-state index contributed by atoms with van der Waals surface area (Å²) in [6, 6.07) is 0.531. The van der Waals surface area contributed by atoms with Crippen LogP contribution in [-0.4, -0.2) is 33.1 Å². The van der Waals surface area contributed by atoms with Crippen molar-refractivity contribution in [3.8, 4) is 0 Å². The van der Waals surface area contributed by atoms with Crippen LogP contribution in [0.4, 0.5) is 0 Å². The maximum atomic E-state index is 4.32. The number of rotatable bonds is 5. The summed E-state index contributed by atoms with van der Waals surface area (Å²) in [7, 11) is 0. The lowest BCUT2D eigenvalue weighted by Crippen LogP contribution is -2.27. The fraction of sp³-hybridized carbons (Fsp3) is 0.833. The molecule has 0 radical (unpaired) electrons. The van der Waals surface area contributed by atoms with Crippen LogP contribution >= 0.6 is 11.8 Å². The van der Waals surface area contributed by atoms with Gasteiger partial charge in [0.2, 0.25) is 0 Å². The molecule has 2 rings (SSSR count). The van der Waals surface area contributed by atoms with Crippen molar-refractivity contribution in [2.75, 3.05) is 12.3 Å². The lowest BCUT2D eigenvalue weighted by atomic mass is 10.2. The molecule has 0 bridgehead atoms. The molecule has 1 aromatic rings. The minimum atomic E-state index is 0.531. The van der Waals surface area contributed by atoms with Gasteiger partial charge in [0, 0.05) is 24.8 Å². The Morgan fingerprint density at radius 2 is 2.24 bits per heavy atom. The second-order valence-electron chi connectivity index (χ2n) is 4.63. The average Bonchev–Trinajstić information content (AvgIpc) is 2.56. The number of nitrogens with zero attached hydrogens (tertiary/aromatic N) is 3. The first-order chi connectivity index (χ1) is 8.31. The Kier molecular flexibility index (Phi) is 4.86. The normalized spacial score (nSPS) is 17.5. The van der Waals surface area contributed by atoms with Crippen LogP contribution in [0.1, 0.15) is 38.9 Å². The van der Waals surface area contributed by atoms with Crippen LogP contribution < -0.4 is 5.32 Å². The molecule has 5 heteroatoms. The predicted molar refractivity (Wildman–Crippen MR) is 71.4 cm³/mol. The first-order valence-electron chi connectivity index (χ1n) is 6.59. The minimum absolute atomic E-state index is 0.531. The van der Waals surface area contributed by atoms with E-state index < -0.39 is 0 Å². The number of nitrogens with one attached hydrogen (secondary N) is 1. The Hall–Kier alpha value is -0.550. The highest BCUT2D eigenvalue weighted by Crippen LogP contribution is 2.22. The van der Waals surface area contributed by atoms with Crippen LogP contribution in [0, 0.1) is 0 Å². The molecule has 96 valence electrons. The van der Waals surface area contributed by atoms with Crippen molar-refractivity contribution < 1.29 is 0 Å². The van der Waals surface area contributed by atoms with Crippen molar-refractivity contribution in [2.45, 2.75) is 57.3 Å². The summed E-state index contributed by atoms with van der Waals surface area (Å²) in [5.74, 6) is 2.24. The smallest absolute Gasteiger partial charge is 0.191 e. The summed E-state index contributed by atoms with van der Waals surface area (Å²) in [6.07, 6.45) is 4.94. The molecule has 1 N–H and O–H groups in total. The van der Waals surface area contributed by atoms with Crippen LogP contribution in [0.15, 0.2) is 5.16 Å². The van der Waals surface area contributed by atoms with E-state index in [0.29, 0.717) is 6.04 Å². The third-order valence-electron chi connectivity index (χ3n) is 3.09. The molecular formula is C12H22N4S. The third kappa shape index (κ3) is 3.45. The summed E-state index contributed by atoms with van der Waals surface area (Å²) in [6.45, 7) is 6.49. The van der Waals surface area contributed by atoms with Crippen molar-refractivity contribution >= 4 is 11.8 Å². The lowest BCUT2D eigenvalue weighted by Gasteiger charge is -2.11. The summed E-state index contributed by atoms with van der Waals surface area (Å²) < 4.78 is 2.32. The van der Waals surface area contributed by atoms with E-state index in [-0.39, 0.29) is 0 Å². The maximum Gasteiger partial charge on any atom is 0.191 e. The highest BCUT2D eigenvalue weighted by molar-refractivity contribution is 7.99. The van der Waals surface area contributed by atoms with Gasteiger partial charge in [-0.2, -0.15) is 0 Å². The quantitative estimate of drug-likeness (QED) is 0.817. The number of aromatic nitrogens is 3. The van der Waals surface area contributed by atoms with Gasteiger partial charge in [-0.05, 0) is 26.3 Å². The molecule has 0 saturated carbocycles. The fourth-order valence-corrected chi connectivity index (χ4v) is 3.14. The standard InChI is InChI=1S/C12H22N4S/c1-3-13-10(2)9-17-12-15-14-11-7-5-4-6-8-16(11)12/h10,13H,3-9H2,1-2H3. The van der Waals surface area contributed by atoms with Crippen molar-refractivity contribution in [3.63, 3.8) is 0 Å². The molecule has 1 aliphatic rings. The number of aryl methyl sites for hydroxylation is 1. The topological polar surface area (TPSA) is 42.7 Å². The van der Waals surface area contributed by atoms with Gasteiger partial charge in [-0.1, -0.05) is 25.1 Å². The monoisotopic (exact) mass is 254 g/mol. The van der Waals surface area contributed by atoms with E-state index in [1.807, 2.05) is 11.8 Å². The molecule has 2 heterocycles. The van der Waals surface area contributed by atoms with E-state index in [0.717, 1.165) is 30.4 Å². The molecule has 0 fully saturated rings. The van der Waals surface area contributed by atoms with E-state index in [2.05, 4.69) is 33.9 Å². The Labute approximate surface area is 108 Å². The van der Waals surface area contributed by atoms with Gasteiger partial charge in [0.05, 0.1) is 0 Å². The fourth-order valence-electron chi connectivity index (χ4n) is 2.17. The van der Waals surface area contributed by atoms with E-state index in [4.69, 9.17) is 0 Å². The minimum Gasteiger partial charge on any atom is -0.314 e. The van der Waals surface area contributed by atoms with Gasteiger partial charge in [0.25, 0.3) is 0 Å². The first kappa shape index (κ1) is 12.9. The maximum absolute atomic E-state index is 4.32. The van der Waals surface area contributed by atoms with Crippen LogP contribution in [0.5, 0.6) is 0 Å². The molecule has 0 aromatic carbocycles. The van der Waals surface area contributed by atoms with E-state index >= 15 is 0 Å². The molecule has 1 aliphatic heterocycles. The summed E-state index contributed by atoms with van der Waals surface area (Å²) in [5, 5.41) is 13.2. The highest BCUT2D eigenvalue weighted by Gasteiger charge is 2.15. The molecule has 1 aromatic heterocycles. The van der Waals surface area contributed by atoms with Gasteiger partial charge >= 0.3 is 0 Å². The van der Waals surface area contributed by atoms with Crippen LogP contribution in [-0.2, 0) is 13.0 Å². The second kappa shape index (κ2) is 6.40. The van der Waals surface area contributed by atoms with Crippen molar-refractivity contribution in [1.29, 1.82) is 0 Å². The van der Waals surface area contributed by atoms with E-state index in [1.54, 1.807) is 0 Å². The molecule has 0 amide bonds. The number of hydrogen-bond donors (Lipinski definition) is 1. The summed E-state index contributed by atoms with van der Waals surface area (Å²) in [5.41, 5.74) is 0. The van der Waals surface area contributed by atoms with E-state index in [9.17, 15) is 0 Å². The third-order valence-corrected chi connectivity index (χ3v) is 4.32. The van der Waals surface area contributed by atoms with Gasteiger partial charge in [-0.25, -0.2) is 0 Å². The first-order valence-corrected chi connectivity index (χ1v) is 7.58. The number of fused-ring (bicyclic) bond motifs is 1. The van der Waals surface area contributed by atoms with Crippen LogP contribution in [0.3, 0.4) is 0 Å². The van der Waals surface area contributed by atoms with Gasteiger partial charge in [-0.15, -0.1) is 10.2 Å². The molecule has 17 heavy (non-hydrogen) atoms.